The summed E-state index contributed by atoms with van der Waals surface area (Å²) in [6.07, 6.45) is -3.70. The summed E-state index contributed by atoms with van der Waals surface area (Å²) in [5.41, 5.74) is -0.811. The molecule has 0 aliphatic heterocycles. The molecule has 0 atom stereocenters. The molecule has 3 N–H and O–H groups in total. The number of hydrogen-bond donors (Lipinski definition) is 3. The number of halogens is 3. The number of nitrogens with one attached hydrogen (secondary N) is 3. The number of rotatable bonds is 7. The minimum atomic E-state index is -4.46. The smallest absolute Gasteiger partial charge is 0.370 e. The van der Waals surface area contributed by atoms with Gasteiger partial charge in [0.1, 0.15) is 11.6 Å². The molecule has 0 bridgehead atoms. The average Bonchev–Trinajstić information content (AvgIpc) is 2.42. The number of alkyl halides is 3. The molecular weight excluding hydrogens is 285 g/mol. The lowest BCUT2D eigenvalue weighted by Crippen LogP contribution is -2.29. The van der Waals surface area contributed by atoms with Crippen molar-refractivity contribution in [1.29, 1.82) is 0 Å². The average molecular weight is 304 g/mol. The van der Waals surface area contributed by atoms with Gasteiger partial charge in [-0.1, -0.05) is 6.92 Å². The zero-order valence-corrected chi connectivity index (χ0v) is 12.0. The van der Waals surface area contributed by atoms with Gasteiger partial charge in [-0.3, -0.25) is 4.79 Å². The Morgan fingerprint density at radius 3 is 2.33 bits per heavy atom. The van der Waals surface area contributed by atoms with E-state index >= 15 is 0 Å². The molecule has 0 aliphatic carbocycles. The predicted octanol–water partition coefficient (Wildman–Crippen LogP) is 2.47. The summed E-state index contributed by atoms with van der Waals surface area (Å²) in [5, 5.41) is 7.95. The maximum absolute atomic E-state index is 12.8. The Bertz CT molecular complexity index is 477. The molecule has 118 valence electrons. The van der Waals surface area contributed by atoms with Crippen LogP contribution < -0.4 is 16.0 Å². The lowest BCUT2D eigenvalue weighted by molar-refractivity contribution is -0.137. The van der Waals surface area contributed by atoms with E-state index in [1.165, 1.54) is 0 Å². The minimum Gasteiger partial charge on any atom is -0.370 e. The van der Waals surface area contributed by atoms with Crippen molar-refractivity contribution in [1.82, 2.24) is 10.3 Å². The lowest BCUT2D eigenvalue weighted by atomic mass is 10.2. The molecule has 0 aromatic carbocycles. The summed E-state index contributed by atoms with van der Waals surface area (Å²) in [4.78, 5) is 15.3. The van der Waals surface area contributed by atoms with Crippen LogP contribution in [0.4, 0.5) is 24.8 Å². The van der Waals surface area contributed by atoms with Crippen molar-refractivity contribution in [2.24, 2.45) is 0 Å². The largest absolute Gasteiger partial charge is 0.416 e. The second kappa shape index (κ2) is 7.70. The standard InChI is InChI=1S/C13H19F3N4O/c1-3-5-18-10-6-9(13(14,15)16)7-11(20-10)19-8-12(21)17-4-2/h6-7H,3-5,8H2,1-2H3,(H,17,21)(H2,18,19,20). The van der Waals surface area contributed by atoms with E-state index in [1.54, 1.807) is 6.92 Å². The third-order valence-corrected chi connectivity index (χ3v) is 2.51. The molecule has 1 aromatic heterocycles. The molecule has 1 heterocycles. The number of carbonyl (C=O) groups is 1. The molecule has 0 fully saturated rings. The number of amides is 1. The molecule has 0 aliphatic rings. The van der Waals surface area contributed by atoms with Gasteiger partial charge in [0.05, 0.1) is 12.1 Å². The van der Waals surface area contributed by atoms with Crippen LogP contribution in [0, 0.1) is 0 Å². The number of anilines is 2. The molecule has 0 unspecified atom stereocenters. The molecule has 0 saturated heterocycles. The van der Waals surface area contributed by atoms with Gasteiger partial charge in [-0.15, -0.1) is 0 Å². The maximum atomic E-state index is 12.8. The van der Waals surface area contributed by atoms with Crippen molar-refractivity contribution in [3.05, 3.63) is 17.7 Å². The summed E-state index contributed by atoms with van der Waals surface area (Å²) >= 11 is 0. The zero-order chi connectivity index (χ0) is 15.9. The quantitative estimate of drug-likeness (QED) is 0.724. The fourth-order valence-corrected chi connectivity index (χ4v) is 1.56. The highest BCUT2D eigenvalue weighted by Crippen LogP contribution is 2.32. The van der Waals surface area contributed by atoms with Crippen LogP contribution in [0.1, 0.15) is 25.8 Å². The van der Waals surface area contributed by atoms with Gasteiger partial charge < -0.3 is 16.0 Å². The molecule has 1 rings (SSSR count). The Morgan fingerprint density at radius 1 is 1.19 bits per heavy atom. The molecule has 0 spiro atoms. The summed E-state index contributed by atoms with van der Waals surface area (Å²) in [6, 6.07) is 1.84. The molecule has 8 heteroatoms. The van der Waals surface area contributed by atoms with E-state index in [2.05, 4.69) is 20.9 Å². The second-order valence-electron chi connectivity index (χ2n) is 4.36. The number of aromatic nitrogens is 1. The van der Waals surface area contributed by atoms with Crippen LogP contribution in [0.15, 0.2) is 12.1 Å². The number of pyridine rings is 1. The Hall–Kier alpha value is -1.99. The number of carbonyl (C=O) groups excluding carboxylic acids is 1. The summed E-state index contributed by atoms with van der Waals surface area (Å²) < 4.78 is 38.5. The lowest BCUT2D eigenvalue weighted by Gasteiger charge is -2.13. The fourth-order valence-electron chi connectivity index (χ4n) is 1.56. The molecule has 5 nitrogen and oxygen atoms in total. The second-order valence-corrected chi connectivity index (χ2v) is 4.36. The van der Waals surface area contributed by atoms with Gasteiger partial charge >= 0.3 is 6.18 Å². The van der Waals surface area contributed by atoms with E-state index in [0.29, 0.717) is 13.1 Å². The van der Waals surface area contributed by atoms with Crippen LogP contribution in [-0.4, -0.2) is 30.5 Å². The highest BCUT2D eigenvalue weighted by Gasteiger charge is 2.31. The topological polar surface area (TPSA) is 66.0 Å². The van der Waals surface area contributed by atoms with Crippen LogP contribution in [0.25, 0.3) is 0 Å². The SMILES string of the molecule is CCCNc1cc(C(F)(F)F)cc(NCC(=O)NCC)n1. The van der Waals surface area contributed by atoms with Crippen molar-refractivity contribution in [2.45, 2.75) is 26.4 Å². The molecule has 0 radical (unpaired) electrons. The van der Waals surface area contributed by atoms with E-state index in [4.69, 9.17) is 0 Å². The Morgan fingerprint density at radius 2 is 1.81 bits per heavy atom. The van der Waals surface area contributed by atoms with E-state index in [0.717, 1.165) is 18.6 Å². The highest BCUT2D eigenvalue weighted by atomic mass is 19.4. The van der Waals surface area contributed by atoms with Crippen LogP contribution in [-0.2, 0) is 11.0 Å². The molecular formula is C13H19F3N4O. The number of hydrogen-bond acceptors (Lipinski definition) is 4. The van der Waals surface area contributed by atoms with E-state index < -0.39 is 11.7 Å². The van der Waals surface area contributed by atoms with Crippen LogP contribution in [0.2, 0.25) is 0 Å². The van der Waals surface area contributed by atoms with Crippen molar-refractivity contribution < 1.29 is 18.0 Å². The third-order valence-electron chi connectivity index (χ3n) is 2.51. The van der Waals surface area contributed by atoms with Crippen molar-refractivity contribution in [2.75, 3.05) is 30.3 Å². The summed E-state index contributed by atoms with van der Waals surface area (Å²) in [7, 11) is 0. The van der Waals surface area contributed by atoms with Gasteiger partial charge in [0.15, 0.2) is 0 Å². The van der Waals surface area contributed by atoms with Gasteiger partial charge in [-0.25, -0.2) is 4.98 Å². The third kappa shape index (κ3) is 5.88. The maximum Gasteiger partial charge on any atom is 0.416 e. The number of nitrogens with zero attached hydrogens (tertiary/aromatic N) is 1. The molecule has 1 amide bonds. The van der Waals surface area contributed by atoms with Gasteiger partial charge in [0.2, 0.25) is 5.91 Å². The van der Waals surface area contributed by atoms with Gasteiger partial charge in [0, 0.05) is 13.1 Å². The first-order valence-electron chi connectivity index (χ1n) is 6.70. The van der Waals surface area contributed by atoms with Crippen molar-refractivity contribution >= 4 is 17.5 Å². The van der Waals surface area contributed by atoms with Gasteiger partial charge in [-0.2, -0.15) is 13.2 Å². The molecule has 1 aromatic rings. The van der Waals surface area contributed by atoms with Crippen LogP contribution in [0.5, 0.6) is 0 Å². The van der Waals surface area contributed by atoms with Crippen molar-refractivity contribution in [3.63, 3.8) is 0 Å². The highest BCUT2D eigenvalue weighted by molar-refractivity contribution is 5.80. The summed E-state index contributed by atoms with van der Waals surface area (Å²) in [5.74, 6) is -0.167. The fraction of sp³-hybridized carbons (Fsp3) is 0.538. The van der Waals surface area contributed by atoms with E-state index in [9.17, 15) is 18.0 Å². The zero-order valence-electron chi connectivity index (χ0n) is 12.0. The minimum absolute atomic E-state index is 0.00896. The van der Waals surface area contributed by atoms with Gasteiger partial charge in [0.25, 0.3) is 0 Å². The van der Waals surface area contributed by atoms with E-state index in [-0.39, 0.29) is 24.1 Å². The first kappa shape index (κ1) is 17.1. The molecule has 0 saturated carbocycles. The Kier molecular flexibility index (Phi) is 6.26. The predicted molar refractivity (Wildman–Crippen MR) is 75.2 cm³/mol. The summed E-state index contributed by atoms with van der Waals surface area (Å²) in [6.45, 7) is 4.50. The normalized spacial score (nSPS) is 11.1. The molecule has 21 heavy (non-hydrogen) atoms. The van der Waals surface area contributed by atoms with E-state index in [1.807, 2.05) is 6.92 Å². The number of likely N-dealkylation sites (N-methyl/N-ethyl adjacent to an activating group) is 1. The first-order valence-corrected chi connectivity index (χ1v) is 6.70. The first-order chi connectivity index (χ1) is 9.86. The monoisotopic (exact) mass is 304 g/mol. The van der Waals surface area contributed by atoms with Crippen molar-refractivity contribution in [3.8, 4) is 0 Å². The Balaban J connectivity index is 2.88. The van der Waals surface area contributed by atoms with Crippen LogP contribution in [0.3, 0.4) is 0 Å². The van der Waals surface area contributed by atoms with Crippen LogP contribution >= 0.6 is 0 Å². The van der Waals surface area contributed by atoms with Gasteiger partial charge in [-0.05, 0) is 25.5 Å². The Labute approximate surface area is 121 Å².